The van der Waals surface area contributed by atoms with Crippen LogP contribution < -0.4 is 17.8 Å². The summed E-state index contributed by atoms with van der Waals surface area (Å²) in [6, 6.07) is 10.4. The molecule has 2 nitrogen and oxygen atoms in total. The number of hydrogen-bond acceptors (Lipinski definition) is 2. The first-order chi connectivity index (χ1) is 6.40. The summed E-state index contributed by atoms with van der Waals surface area (Å²) in [7, 11) is 0. The number of hydrogen-bond donors (Lipinski definition) is 1. The summed E-state index contributed by atoms with van der Waals surface area (Å²) in [5.74, 6) is 0. The number of quaternary nitrogens is 1. The van der Waals surface area contributed by atoms with Crippen LogP contribution in [0.25, 0.3) is 0 Å². The van der Waals surface area contributed by atoms with Crippen molar-refractivity contribution in [2.75, 3.05) is 0 Å². The maximum atomic E-state index is 4.41. The van der Waals surface area contributed by atoms with Crippen LogP contribution in [0.4, 0.5) is 0 Å². The van der Waals surface area contributed by atoms with Gasteiger partial charge in [0.25, 0.3) is 0 Å². The standard InChI is InChI=1S/C10H12N2S.ClH/c1-2-9-11-12-10(13-9)8-6-4-3-5-7-8;/h3-7,9,11H,2H2,1H3;1H. The summed E-state index contributed by atoms with van der Waals surface area (Å²) in [5, 5.41) is 6.15. The first kappa shape index (κ1) is 11.6. The zero-order valence-corrected chi connectivity index (χ0v) is 9.55. The average molecular weight is 229 g/mol. The third kappa shape index (κ3) is 2.50. The molecule has 0 aliphatic carbocycles. The van der Waals surface area contributed by atoms with E-state index >= 15 is 0 Å². The van der Waals surface area contributed by atoms with E-state index in [0.29, 0.717) is 5.37 Å². The summed E-state index contributed by atoms with van der Waals surface area (Å²) in [4.78, 5) is 0. The molecule has 1 aliphatic rings. The molecule has 0 spiro atoms. The van der Waals surface area contributed by atoms with Gasteiger partial charge in [-0.15, -0.1) is 0 Å². The van der Waals surface area contributed by atoms with Gasteiger partial charge in [0.1, 0.15) is 0 Å². The smallest absolute Gasteiger partial charge is 0.164 e. The molecular formula is C10H13ClN2S. The molecule has 1 unspecified atom stereocenters. The number of nitrogens with two attached hydrogens (primary N) is 1. The van der Waals surface area contributed by atoms with Crippen molar-refractivity contribution < 1.29 is 17.8 Å². The lowest BCUT2D eigenvalue weighted by atomic mass is 10.2. The van der Waals surface area contributed by atoms with Gasteiger partial charge in [-0.25, -0.2) is 5.43 Å². The van der Waals surface area contributed by atoms with Crippen LogP contribution in [-0.2, 0) is 0 Å². The van der Waals surface area contributed by atoms with E-state index in [0.717, 1.165) is 11.5 Å². The highest BCUT2D eigenvalue weighted by atomic mass is 35.5. The Kier molecular flexibility index (Phi) is 4.45. The van der Waals surface area contributed by atoms with Crippen molar-refractivity contribution in [3.05, 3.63) is 35.9 Å². The SMILES string of the molecule is CCC1[NH2+]N=C(c2ccccc2)S1.[Cl-]. The van der Waals surface area contributed by atoms with Crippen molar-refractivity contribution in [3.8, 4) is 0 Å². The van der Waals surface area contributed by atoms with Crippen molar-refractivity contribution in [3.63, 3.8) is 0 Å². The fourth-order valence-corrected chi connectivity index (χ4v) is 2.24. The van der Waals surface area contributed by atoms with Crippen LogP contribution in [0, 0.1) is 0 Å². The van der Waals surface area contributed by atoms with E-state index in [1.165, 1.54) is 5.56 Å². The molecule has 0 fully saturated rings. The predicted octanol–water partition coefficient (Wildman–Crippen LogP) is -1.60. The fourth-order valence-electron chi connectivity index (χ4n) is 1.27. The molecule has 0 saturated carbocycles. The number of nitrogens with zero attached hydrogens (tertiary/aromatic N) is 1. The molecule has 0 bridgehead atoms. The quantitative estimate of drug-likeness (QED) is 0.607. The molecule has 4 heteroatoms. The van der Waals surface area contributed by atoms with E-state index in [4.69, 9.17) is 0 Å². The van der Waals surface area contributed by atoms with Gasteiger partial charge in [0.2, 0.25) is 0 Å². The lowest BCUT2D eigenvalue weighted by Crippen LogP contribution is -3.00. The van der Waals surface area contributed by atoms with Crippen molar-refractivity contribution in [1.82, 2.24) is 0 Å². The van der Waals surface area contributed by atoms with E-state index in [9.17, 15) is 0 Å². The molecule has 0 saturated heterocycles. The Morgan fingerprint density at radius 1 is 1.36 bits per heavy atom. The van der Waals surface area contributed by atoms with Gasteiger partial charge in [-0.3, -0.25) is 0 Å². The van der Waals surface area contributed by atoms with Gasteiger partial charge in [-0.1, -0.05) is 42.4 Å². The Labute approximate surface area is 94.6 Å². The zero-order chi connectivity index (χ0) is 9.10. The second-order valence-corrected chi connectivity index (χ2v) is 4.24. The lowest BCUT2D eigenvalue weighted by molar-refractivity contribution is -0.670. The van der Waals surface area contributed by atoms with Crippen molar-refractivity contribution in [2.24, 2.45) is 5.10 Å². The highest BCUT2D eigenvalue weighted by Crippen LogP contribution is 2.19. The molecule has 1 aromatic rings. The number of halogens is 1. The van der Waals surface area contributed by atoms with Crippen LogP contribution in [0.2, 0.25) is 0 Å². The molecule has 1 aliphatic heterocycles. The molecule has 14 heavy (non-hydrogen) atoms. The Balaban J connectivity index is 0.000000980. The molecule has 0 aromatic heterocycles. The summed E-state index contributed by atoms with van der Waals surface area (Å²) >= 11 is 1.86. The van der Waals surface area contributed by atoms with Crippen molar-refractivity contribution in [1.29, 1.82) is 0 Å². The Morgan fingerprint density at radius 2 is 2.07 bits per heavy atom. The third-order valence-electron chi connectivity index (χ3n) is 2.04. The number of rotatable bonds is 2. The Bertz CT molecular complexity index is 313. The molecule has 2 N–H and O–H groups in total. The maximum absolute atomic E-state index is 4.41. The van der Waals surface area contributed by atoms with Gasteiger partial charge >= 0.3 is 0 Å². The first-order valence-electron chi connectivity index (χ1n) is 4.53. The van der Waals surface area contributed by atoms with E-state index < -0.39 is 0 Å². The molecule has 0 amide bonds. The molecule has 0 radical (unpaired) electrons. The minimum atomic E-state index is 0. The van der Waals surface area contributed by atoms with Crippen LogP contribution >= 0.6 is 11.8 Å². The van der Waals surface area contributed by atoms with Crippen LogP contribution in [0.15, 0.2) is 35.4 Å². The molecule has 2 rings (SSSR count). The minimum absolute atomic E-state index is 0. The Hall–Kier alpha value is -0.510. The van der Waals surface area contributed by atoms with Gasteiger partial charge in [0, 0.05) is 12.0 Å². The van der Waals surface area contributed by atoms with Gasteiger partial charge in [-0.2, -0.15) is 0 Å². The number of thioether (sulfide) groups is 1. The molecule has 1 heterocycles. The molecule has 1 atom stereocenters. The van der Waals surface area contributed by atoms with Crippen LogP contribution in [0.3, 0.4) is 0 Å². The average Bonchev–Trinajstić information content (AvgIpc) is 2.67. The normalized spacial score (nSPS) is 20.1. The van der Waals surface area contributed by atoms with Crippen LogP contribution in [-0.4, -0.2) is 10.4 Å². The van der Waals surface area contributed by atoms with E-state index in [2.05, 4.69) is 36.3 Å². The van der Waals surface area contributed by atoms with E-state index in [-0.39, 0.29) is 12.4 Å². The fraction of sp³-hybridized carbons (Fsp3) is 0.300. The highest BCUT2D eigenvalue weighted by Gasteiger charge is 2.22. The monoisotopic (exact) mass is 228 g/mol. The second kappa shape index (κ2) is 5.39. The summed E-state index contributed by atoms with van der Waals surface area (Å²) in [5.41, 5.74) is 3.28. The lowest BCUT2D eigenvalue weighted by Gasteiger charge is -1.98. The van der Waals surface area contributed by atoms with E-state index in [1.807, 2.05) is 23.3 Å². The van der Waals surface area contributed by atoms with Crippen molar-refractivity contribution in [2.45, 2.75) is 18.7 Å². The third-order valence-corrected chi connectivity index (χ3v) is 3.37. The van der Waals surface area contributed by atoms with Crippen LogP contribution in [0.1, 0.15) is 18.9 Å². The summed E-state index contributed by atoms with van der Waals surface area (Å²) in [6.07, 6.45) is 1.16. The second-order valence-electron chi connectivity index (χ2n) is 3.01. The van der Waals surface area contributed by atoms with Gasteiger partial charge < -0.3 is 12.4 Å². The minimum Gasteiger partial charge on any atom is -1.00 e. The largest absolute Gasteiger partial charge is 1.00 e. The molecule has 1 aromatic carbocycles. The predicted molar refractivity (Wildman–Crippen MR) is 56.6 cm³/mol. The molecular weight excluding hydrogens is 216 g/mol. The Morgan fingerprint density at radius 3 is 2.64 bits per heavy atom. The maximum Gasteiger partial charge on any atom is 0.164 e. The summed E-state index contributed by atoms with van der Waals surface area (Å²) in [6.45, 7) is 2.19. The van der Waals surface area contributed by atoms with Gasteiger partial charge in [0.15, 0.2) is 10.4 Å². The highest BCUT2D eigenvalue weighted by molar-refractivity contribution is 8.14. The zero-order valence-electron chi connectivity index (χ0n) is 7.98. The molecule has 76 valence electrons. The number of benzene rings is 1. The van der Waals surface area contributed by atoms with Crippen LogP contribution in [0.5, 0.6) is 0 Å². The van der Waals surface area contributed by atoms with Gasteiger partial charge in [-0.05, 0) is 11.8 Å². The topological polar surface area (TPSA) is 29.0 Å². The van der Waals surface area contributed by atoms with Crippen molar-refractivity contribution >= 4 is 16.8 Å². The van der Waals surface area contributed by atoms with Gasteiger partial charge in [0.05, 0.1) is 0 Å². The summed E-state index contributed by atoms with van der Waals surface area (Å²) < 4.78 is 0. The first-order valence-corrected chi connectivity index (χ1v) is 5.41. The van der Waals surface area contributed by atoms with E-state index in [1.54, 1.807) is 0 Å².